The molecule has 17 heavy (non-hydrogen) atoms. The van der Waals surface area contributed by atoms with Gasteiger partial charge < -0.3 is 10.4 Å². The highest BCUT2D eigenvalue weighted by atomic mass is 32.1. The van der Waals surface area contributed by atoms with Crippen molar-refractivity contribution in [1.82, 2.24) is 5.32 Å². The van der Waals surface area contributed by atoms with E-state index in [1.165, 1.54) is 15.3 Å². The van der Waals surface area contributed by atoms with Crippen molar-refractivity contribution in [1.29, 1.82) is 0 Å². The maximum atomic E-state index is 8.85. The molecule has 3 heteroatoms. The van der Waals surface area contributed by atoms with Crippen LogP contribution in [0, 0.1) is 19.3 Å². The second-order valence-electron chi connectivity index (χ2n) is 5.53. The Hall–Kier alpha value is -0.380. The van der Waals surface area contributed by atoms with Crippen LogP contribution >= 0.6 is 11.3 Å². The van der Waals surface area contributed by atoms with Crippen LogP contribution in [0.3, 0.4) is 0 Å². The molecule has 0 aromatic carbocycles. The van der Waals surface area contributed by atoms with E-state index in [0.717, 1.165) is 25.9 Å². The number of aryl methyl sites for hydroxylation is 2. The summed E-state index contributed by atoms with van der Waals surface area (Å²) >= 11 is 1.87. The van der Waals surface area contributed by atoms with Crippen molar-refractivity contribution in [3.8, 4) is 0 Å². The van der Waals surface area contributed by atoms with E-state index in [2.05, 4.69) is 39.1 Å². The van der Waals surface area contributed by atoms with Gasteiger partial charge >= 0.3 is 0 Å². The molecule has 0 spiro atoms. The van der Waals surface area contributed by atoms with Gasteiger partial charge in [0.15, 0.2) is 0 Å². The minimum Gasteiger partial charge on any atom is -0.396 e. The van der Waals surface area contributed by atoms with E-state index in [1.807, 2.05) is 11.3 Å². The lowest BCUT2D eigenvalue weighted by Gasteiger charge is -2.24. The van der Waals surface area contributed by atoms with Crippen LogP contribution < -0.4 is 5.32 Å². The second-order valence-corrected chi connectivity index (χ2v) is 6.99. The molecule has 0 saturated carbocycles. The first-order valence-corrected chi connectivity index (χ1v) is 7.14. The van der Waals surface area contributed by atoms with E-state index < -0.39 is 0 Å². The molecule has 0 bridgehead atoms. The molecule has 0 unspecified atom stereocenters. The third-order valence-corrected chi connectivity index (χ3v) is 4.08. The monoisotopic (exact) mass is 255 g/mol. The van der Waals surface area contributed by atoms with Gasteiger partial charge in [0.05, 0.1) is 0 Å². The van der Waals surface area contributed by atoms with E-state index in [9.17, 15) is 0 Å². The predicted octanol–water partition coefficient (Wildman–Crippen LogP) is 3.25. The van der Waals surface area contributed by atoms with Crippen molar-refractivity contribution >= 4 is 11.3 Å². The Morgan fingerprint density at radius 2 is 2.06 bits per heavy atom. The van der Waals surface area contributed by atoms with Crippen LogP contribution in [-0.2, 0) is 6.54 Å². The van der Waals surface area contributed by atoms with E-state index >= 15 is 0 Å². The molecule has 2 N–H and O–H groups in total. The van der Waals surface area contributed by atoms with Gasteiger partial charge in [0, 0.05) is 29.5 Å². The van der Waals surface area contributed by atoms with Crippen molar-refractivity contribution in [2.75, 3.05) is 13.2 Å². The fourth-order valence-corrected chi connectivity index (χ4v) is 2.99. The van der Waals surface area contributed by atoms with Gasteiger partial charge in [-0.2, -0.15) is 0 Å². The SMILES string of the molecule is Cc1cc(CNCC(C)(C)CCCO)c(C)s1. The first-order valence-electron chi connectivity index (χ1n) is 6.32. The number of nitrogens with one attached hydrogen (secondary N) is 1. The first-order chi connectivity index (χ1) is 7.94. The molecule has 0 aliphatic rings. The van der Waals surface area contributed by atoms with Crippen LogP contribution in [-0.4, -0.2) is 18.3 Å². The van der Waals surface area contributed by atoms with Crippen LogP contribution in [0.25, 0.3) is 0 Å². The molecule has 0 amide bonds. The Bertz CT molecular complexity index is 344. The number of hydrogen-bond acceptors (Lipinski definition) is 3. The van der Waals surface area contributed by atoms with E-state index in [-0.39, 0.29) is 5.41 Å². The molecule has 0 aliphatic carbocycles. The summed E-state index contributed by atoms with van der Waals surface area (Å²) in [5.41, 5.74) is 1.69. The number of rotatable bonds is 7. The second kappa shape index (κ2) is 6.53. The third-order valence-electron chi connectivity index (χ3n) is 3.07. The topological polar surface area (TPSA) is 32.3 Å². The van der Waals surface area contributed by atoms with Gasteiger partial charge in [0.2, 0.25) is 0 Å². The Morgan fingerprint density at radius 1 is 1.35 bits per heavy atom. The first kappa shape index (κ1) is 14.7. The summed E-state index contributed by atoms with van der Waals surface area (Å²) < 4.78 is 0. The van der Waals surface area contributed by atoms with Crippen LogP contribution in [0.5, 0.6) is 0 Å². The Labute approximate surface area is 109 Å². The summed E-state index contributed by atoms with van der Waals surface area (Å²) in [7, 11) is 0. The van der Waals surface area contributed by atoms with Crippen LogP contribution in [0.1, 0.15) is 42.0 Å². The molecule has 1 aromatic rings. The zero-order chi connectivity index (χ0) is 12.9. The zero-order valence-electron chi connectivity index (χ0n) is 11.5. The molecule has 98 valence electrons. The summed E-state index contributed by atoms with van der Waals surface area (Å²) in [6, 6.07) is 2.27. The summed E-state index contributed by atoms with van der Waals surface area (Å²) in [5.74, 6) is 0. The summed E-state index contributed by atoms with van der Waals surface area (Å²) in [5, 5.41) is 12.4. The summed E-state index contributed by atoms with van der Waals surface area (Å²) in [4.78, 5) is 2.81. The van der Waals surface area contributed by atoms with Crippen LogP contribution in [0.2, 0.25) is 0 Å². The van der Waals surface area contributed by atoms with Crippen molar-refractivity contribution in [2.24, 2.45) is 5.41 Å². The fourth-order valence-electron chi connectivity index (χ4n) is 2.04. The zero-order valence-corrected chi connectivity index (χ0v) is 12.3. The molecule has 0 saturated heterocycles. The number of hydrogen-bond donors (Lipinski definition) is 2. The fraction of sp³-hybridized carbons (Fsp3) is 0.714. The molecule has 2 nitrogen and oxygen atoms in total. The number of aliphatic hydroxyl groups excluding tert-OH is 1. The van der Waals surface area contributed by atoms with E-state index in [1.54, 1.807) is 0 Å². The number of thiophene rings is 1. The highest BCUT2D eigenvalue weighted by molar-refractivity contribution is 7.12. The van der Waals surface area contributed by atoms with E-state index in [0.29, 0.717) is 6.61 Å². The highest BCUT2D eigenvalue weighted by Gasteiger charge is 2.16. The quantitative estimate of drug-likeness (QED) is 0.784. The van der Waals surface area contributed by atoms with Crippen molar-refractivity contribution < 1.29 is 5.11 Å². The largest absolute Gasteiger partial charge is 0.396 e. The molecule has 1 heterocycles. The van der Waals surface area contributed by atoms with Gasteiger partial charge in [-0.05, 0) is 43.7 Å². The molecule has 0 atom stereocenters. The van der Waals surface area contributed by atoms with Gasteiger partial charge in [-0.1, -0.05) is 13.8 Å². The van der Waals surface area contributed by atoms with Crippen molar-refractivity contribution in [2.45, 2.75) is 47.1 Å². The summed E-state index contributed by atoms with van der Waals surface area (Å²) in [6.07, 6.45) is 1.96. The van der Waals surface area contributed by atoms with Gasteiger partial charge in [0.1, 0.15) is 0 Å². The average molecular weight is 255 g/mol. The van der Waals surface area contributed by atoms with Crippen LogP contribution in [0.4, 0.5) is 0 Å². The molecule has 1 rings (SSSR count). The van der Waals surface area contributed by atoms with Crippen molar-refractivity contribution in [3.05, 3.63) is 21.4 Å². The minimum absolute atomic E-state index is 0.266. The highest BCUT2D eigenvalue weighted by Crippen LogP contribution is 2.23. The molecule has 0 radical (unpaired) electrons. The molecular weight excluding hydrogens is 230 g/mol. The summed E-state index contributed by atoms with van der Waals surface area (Å²) in [6.45, 7) is 11.1. The van der Waals surface area contributed by atoms with Crippen molar-refractivity contribution in [3.63, 3.8) is 0 Å². The maximum absolute atomic E-state index is 8.85. The molecule has 0 fully saturated rings. The molecule has 0 aliphatic heterocycles. The minimum atomic E-state index is 0.266. The standard InChI is InChI=1S/C14H25NOS/c1-11-8-13(12(2)17-11)9-15-10-14(3,4)6-5-7-16/h8,15-16H,5-7,9-10H2,1-4H3. The van der Waals surface area contributed by atoms with Gasteiger partial charge in [-0.3, -0.25) is 0 Å². The Kier molecular flexibility index (Phi) is 5.63. The lowest BCUT2D eigenvalue weighted by Crippen LogP contribution is -2.29. The van der Waals surface area contributed by atoms with Crippen LogP contribution in [0.15, 0.2) is 6.07 Å². The van der Waals surface area contributed by atoms with Gasteiger partial charge in [-0.15, -0.1) is 11.3 Å². The molecule has 1 aromatic heterocycles. The third kappa shape index (κ3) is 5.19. The normalized spacial score (nSPS) is 12.1. The average Bonchev–Trinajstić information content (AvgIpc) is 2.55. The predicted molar refractivity (Wildman–Crippen MR) is 75.6 cm³/mol. The number of aliphatic hydroxyl groups is 1. The van der Waals surface area contributed by atoms with Gasteiger partial charge in [-0.25, -0.2) is 0 Å². The van der Waals surface area contributed by atoms with E-state index in [4.69, 9.17) is 5.11 Å². The lowest BCUT2D eigenvalue weighted by atomic mass is 9.88. The molecular formula is C14H25NOS. The Balaban J connectivity index is 2.34. The lowest BCUT2D eigenvalue weighted by molar-refractivity contribution is 0.236. The maximum Gasteiger partial charge on any atom is 0.0431 e. The smallest absolute Gasteiger partial charge is 0.0431 e. The van der Waals surface area contributed by atoms with Gasteiger partial charge in [0.25, 0.3) is 0 Å². The Morgan fingerprint density at radius 3 is 2.59 bits per heavy atom.